The highest BCUT2D eigenvalue weighted by molar-refractivity contribution is 5.49. The molecule has 2 fully saturated rings. The van der Waals surface area contributed by atoms with E-state index in [4.69, 9.17) is 4.98 Å². The van der Waals surface area contributed by atoms with Gasteiger partial charge in [0.15, 0.2) is 0 Å². The lowest BCUT2D eigenvalue weighted by atomic mass is 10.0. The SMILES string of the molecule is CC(C)N1CCCC1c1cccnc1N1CCNCC1. The van der Waals surface area contributed by atoms with Crippen molar-refractivity contribution in [2.45, 2.75) is 38.8 Å². The maximum absolute atomic E-state index is 4.71. The number of pyridine rings is 1. The van der Waals surface area contributed by atoms with Crippen molar-refractivity contribution in [3.05, 3.63) is 23.9 Å². The zero-order valence-electron chi connectivity index (χ0n) is 12.7. The molecule has 2 saturated heterocycles. The van der Waals surface area contributed by atoms with Crippen LogP contribution in [0.25, 0.3) is 0 Å². The van der Waals surface area contributed by atoms with Gasteiger partial charge in [0, 0.05) is 50.0 Å². The van der Waals surface area contributed by atoms with Crippen molar-refractivity contribution in [1.29, 1.82) is 0 Å². The third kappa shape index (κ3) is 2.67. The van der Waals surface area contributed by atoms with Crippen LogP contribution in [0.1, 0.15) is 38.3 Å². The number of piperazine rings is 1. The van der Waals surface area contributed by atoms with Crippen LogP contribution in [0.4, 0.5) is 5.82 Å². The lowest BCUT2D eigenvalue weighted by Crippen LogP contribution is -2.44. The number of aromatic nitrogens is 1. The molecule has 0 bridgehead atoms. The van der Waals surface area contributed by atoms with E-state index in [2.05, 4.69) is 41.1 Å². The topological polar surface area (TPSA) is 31.4 Å². The molecule has 1 N–H and O–H groups in total. The Hall–Kier alpha value is -1.13. The summed E-state index contributed by atoms with van der Waals surface area (Å²) in [6.45, 7) is 10.1. The van der Waals surface area contributed by atoms with Crippen LogP contribution >= 0.6 is 0 Å². The smallest absolute Gasteiger partial charge is 0.133 e. The summed E-state index contributed by atoms with van der Waals surface area (Å²) >= 11 is 0. The molecule has 2 aliphatic heterocycles. The van der Waals surface area contributed by atoms with E-state index >= 15 is 0 Å². The van der Waals surface area contributed by atoms with E-state index in [-0.39, 0.29) is 0 Å². The van der Waals surface area contributed by atoms with Gasteiger partial charge in [-0.2, -0.15) is 0 Å². The van der Waals surface area contributed by atoms with Gasteiger partial charge in [-0.15, -0.1) is 0 Å². The Morgan fingerprint density at radius 3 is 2.80 bits per heavy atom. The Morgan fingerprint density at radius 2 is 2.05 bits per heavy atom. The molecule has 0 spiro atoms. The number of nitrogens with one attached hydrogen (secondary N) is 1. The van der Waals surface area contributed by atoms with E-state index in [9.17, 15) is 0 Å². The van der Waals surface area contributed by atoms with Crippen LogP contribution < -0.4 is 10.2 Å². The lowest BCUT2D eigenvalue weighted by molar-refractivity contribution is 0.205. The standard InChI is InChI=1S/C16H26N4/c1-13(2)20-10-4-6-15(20)14-5-3-7-18-16(14)19-11-8-17-9-12-19/h3,5,7,13,15,17H,4,6,8-12H2,1-2H3. The van der Waals surface area contributed by atoms with Crippen molar-refractivity contribution in [3.63, 3.8) is 0 Å². The largest absolute Gasteiger partial charge is 0.354 e. The lowest BCUT2D eigenvalue weighted by Gasteiger charge is -2.34. The van der Waals surface area contributed by atoms with Gasteiger partial charge in [-0.05, 0) is 39.3 Å². The number of hydrogen-bond donors (Lipinski definition) is 1. The number of likely N-dealkylation sites (tertiary alicyclic amines) is 1. The molecule has 0 aromatic carbocycles. The average molecular weight is 274 g/mol. The van der Waals surface area contributed by atoms with Crippen LogP contribution in [0, 0.1) is 0 Å². The monoisotopic (exact) mass is 274 g/mol. The molecule has 1 aromatic heterocycles. The molecule has 3 rings (SSSR count). The minimum absolute atomic E-state index is 0.550. The van der Waals surface area contributed by atoms with E-state index in [1.807, 2.05) is 6.20 Å². The molecule has 20 heavy (non-hydrogen) atoms. The summed E-state index contributed by atoms with van der Waals surface area (Å²) in [6.07, 6.45) is 4.51. The second-order valence-electron chi connectivity index (χ2n) is 6.14. The normalized spacial score (nSPS) is 24.6. The van der Waals surface area contributed by atoms with E-state index < -0.39 is 0 Å². The Morgan fingerprint density at radius 1 is 1.25 bits per heavy atom. The summed E-state index contributed by atoms with van der Waals surface area (Å²) < 4.78 is 0. The summed E-state index contributed by atoms with van der Waals surface area (Å²) in [5.74, 6) is 1.21. The van der Waals surface area contributed by atoms with Crippen LogP contribution in [0.15, 0.2) is 18.3 Å². The fourth-order valence-electron chi connectivity index (χ4n) is 3.55. The molecule has 3 heterocycles. The van der Waals surface area contributed by atoms with Gasteiger partial charge in [0.25, 0.3) is 0 Å². The zero-order valence-corrected chi connectivity index (χ0v) is 12.7. The first-order valence-electron chi connectivity index (χ1n) is 7.93. The second kappa shape index (κ2) is 6.10. The number of hydrogen-bond acceptors (Lipinski definition) is 4. The first-order valence-corrected chi connectivity index (χ1v) is 7.93. The summed E-state index contributed by atoms with van der Waals surface area (Å²) in [4.78, 5) is 9.79. The highest BCUT2D eigenvalue weighted by Crippen LogP contribution is 2.37. The van der Waals surface area contributed by atoms with Gasteiger partial charge >= 0.3 is 0 Å². The highest BCUT2D eigenvalue weighted by Gasteiger charge is 2.31. The molecule has 0 radical (unpaired) electrons. The van der Waals surface area contributed by atoms with E-state index in [1.54, 1.807) is 0 Å². The first-order chi connectivity index (χ1) is 9.77. The molecule has 2 aliphatic rings. The van der Waals surface area contributed by atoms with Crippen molar-refractivity contribution >= 4 is 5.82 Å². The van der Waals surface area contributed by atoms with Crippen molar-refractivity contribution in [1.82, 2.24) is 15.2 Å². The molecule has 0 aliphatic carbocycles. The zero-order chi connectivity index (χ0) is 13.9. The number of nitrogens with zero attached hydrogens (tertiary/aromatic N) is 3. The third-order valence-corrected chi connectivity index (χ3v) is 4.55. The number of rotatable bonds is 3. The van der Waals surface area contributed by atoms with Gasteiger partial charge in [0.05, 0.1) is 0 Å². The first kappa shape index (κ1) is 13.8. The number of anilines is 1. The fourth-order valence-corrected chi connectivity index (χ4v) is 3.55. The van der Waals surface area contributed by atoms with E-state index in [0.29, 0.717) is 12.1 Å². The van der Waals surface area contributed by atoms with Gasteiger partial charge in [-0.25, -0.2) is 4.98 Å². The average Bonchev–Trinajstić information content (AvgIpc) is 2.98. The van der Waals surface area contributed by atoms with Crippen LogP contribution in [0.5, 0.6) is 0 Å². The van der Waals surface area contributed by atoms with Crippen molar-refractivity contribution in [3.8, 4) is 0 Å². The fraction of sp³-hybridized carbons (Fsp3) is 0.688. The van der Waals surface area contributed by atoms with Crippen molar-refractivity contribution in [2.75, 3.05) is 37.6 Å². The van der Waals surface area contributed by atoms with Crippen LogP contribution in [-0.2, 0) is 0 Å². The molecule has 0 amide bonds. The predicted octanol–water partition coefficient (Wildman–Crippen LogP) is 2.04. The summed E-state index contributed by atoms with van der Waals surface area (Å²) in [5, 5.41) is 3.42. The van der Waals surface area contributed by atoms with Gasteiger partial charge in [0.1, 0.15) is 5.82 Å². The summed E-state index contributed by atoms with van der Waals surface area (Å²) in [5.41, 5.74) is 1.43. The maximum Gasteiger partial charge on any atom is 0.133 e. The van der Waals surface area contributed by atoms with Crippen LogP contribution in [0.2, 0.25) is 0 Å². The molecule has 110 valence electrons. The Balaban J connectivity index is 1.89. The van der Waals surface area contributed by atoms with Gasteiger partial charge < -0.3 is 10.2 Å². The molecule has 1 atom stereocenters. The quantitative estimate of drug-likeness (QED) is 0.914. The molecule has 4 nitrogen and oxygen atoms in total. The molecule has 1 unspecified atom stereocenters. The Bertz CT molecular complexity index is 440. The molecule has 4 heteroatoms. The molecular weight excluding hydrogens is 248 g/mol. The minimum Gasteiger partial charge on any atom is -0.354 e. The van der Waals surface area contributed by atoms with Gasteiger partial charge in [-0.3, -0.25) is 4.90 Å². The van der Waals surface area contributed by atoms with E-state index in [1.165, 1.54) is 30.8 Å². The van der Waals surface area contributed by atoms with Gasteiger partial charge in [-0.1, -0.05) is 6.07 Å². The van der Waals surface area contributed by atoms with Crippen molar-refractivity contribution < 1.29 is 0 Å². The predicted molar refractivity (Wildman–Crippen MR) is 83.1 cm³/mol. The van der Waals surface area contributed by atoms with Crippen LogP contribution in [0.3, 0.4) is 0 Å². The summed E-state index contributed by atoms with van der Waals surface area (Å²) in [6, 6.07) is 5.54. The van der Waals surface area contributed by atoms with Gasteiger partial charge in [0.2, 0.25) is 0 Å². The van der Waals surface area contributed by atoms with Crippen molar-refractivity contribution in [2.24, 2.45) is 0 Å². The maximum atomic E-state index is 4.71. The summed E-state index contributed by atoms with van der Waals surface area (Å²) in [7, 11) is 0. The second-order valence-corrected chi connectivity index (χ2v) is 6.14. The Labute approximate surface area is 122 Å². The van der Waals surface area contributed by atoms with E-state index in [0.717, 1.165) is 26.2 Å². The Kier molecular flexibility index (Phi) is 4.22. The minimum atomic E-state index is 0.550. The highest BCUT2D eigenvalue weighted by atomic mass is 15.2. The third-order valence-electron chi connectivity index (χ3n) is 4.55. The molecule has 0 saturated carbocycles. The molecular formula is C16H26N4. The van der Waals surface area contributed by atoms with Crippen LogP contribution in [-0.4, -0.2) is 48.6 Å². The molecule has 1 aromatic rings.